The Kier molecular flexibility index (Phi) is 6.36. The maximum Gasteiger partial charge on any atom is 0.348 e. The van der Waals surface area contributed by atoms with Crippen LogP contribution in [-0.2, 0) is 16.1 Å². The molecule has 1 atom stereocenters. The van der Waals surface area contributed by atoms with E-state index in [1.165, 1.54) is 11.3 Å². The van der Waals surface area contributed by atoms with Crippen LogP contribution in [0.1, 0.15) is 41.2 Å². The zero-order valence-corrected chi connectivity index (χ0v) is 17.6. The molecule has 2 heterocycles. The topological polar surface area (TPSA) is 73.2 Å². The number of hydrogen-bond acceptors (Lipinski definition) is 5. The molecule has 0 fully saturated rings. The van der Waals surface area contributed by atoms with E-state index in [2.05, 4.69) is 10.4 Å². The lowest BCUT2D eigenvalue weighted by Crippen LogP contribution is -2.35. The first-order valence-electron chi connectivity index (χ1n) is 9.05. The maximum atomic E-state index is 12.4. The summed E-state index contributed by atoms with van der Waals surface area (Å²) >= 11 is 7.55. The molecule has 0 bridgehead atoms. The van der Waals surface area contributed by atoms with Crippen LogP contribution in [-0.4, -0.2) is 34.3 Å². The number of aryl methyl sites for hydroxylation is 1. The lowest BCUT2D eigenvalue weighted by Gasteiger charge is -2.11. The van der Waals surface area contributed by atoms with Crippen molar-refractivity contribution in [3.05, 3.63) is 51.5 Å². The fourth-order valence-corrected chi connectivity index (χ4v) is 3.98. The highest BCUT2D eigenvalue weighted by atomic mass is 35.5. The monoisotopic (exact) mass is 419 g/mol. The Morgan fingerprint density at radius 3 is 2.82 bits per heavy atom. The third-order valence-electron chi connectivity index (χ3n) is 4.44. The van der Waals surface area contributed by atoms with Gasteiger partial charge in [-0.3, -0.25) is 9.48 Å². The van der Waals surface area contributed by atoms with Gasteiger partial charge >= 0.3 is 5.97 Å². The standard InChI is InChI=1S/C20H22ClN3O3S/c1-4-12(2)22-18(25)11-27-20(26)17-9-15-13(3)23-24(19(15)28-17)10-14-7-5-6-8-16(14)21/h5-9,12H,4,10-11H2,1-3H3,(H,22,25)/t12-/m1/s1. The van der Waals surface area contributed by atoms with Gasteiger partial charge in [-0.05, 0) is 38.0 Å². The minimum atomic E-state index is -0.510. The first-order valence-corrected chi connectivity index (χ1v) is 10.2. The number of fused-ring (bicyclic) bond motifs is 1. The first kappa shape index (κ1) is 20.4. The van der Waals surface area contributed by atoms with Crippen LogP contribution < -0.4 is 5.32 Å². The summed E-state index contributed by atoms with van der Waals surface area (Å²) in [4.78, 5) is 25.5. The smallest absolute Gasteiger partial charge is 0.348 e. The van der Waals surface area contributed by atoms with E-state index in [9.17, 15) is 9.59 Å². The average molecular weight is 420 g/mol. The predicted molar refractivity (Wildman–Crippen MR) is 111 cm³/mol. The predicted octanol–water partition coefficient (Wildman–Crippen LogP) is 4.18. The van der Waals surface area contributed by atoms with Crippen molar-refractivity contribution in [3.8, 4) is 0 Å². The molecule has 0 aliphatic heterocycles. The summed E-state index contributed by atoms with van der Waals surface area (Å²) in [6, 6.07) is 9.41. The van der Waals surface area contributed by atoms with E-state index < -0.39 is 5.97 Å². The van der Waals surface area contributed by atoms with Crippen LogP contribution >= 0.6 is 22.9 Å². The molecule has 1 aromatic carbocycles. The van der Waals surface area contributed by atoms with Crippen molar-refractivity contribution in [3.63, 3.8) is 0 Å². The molecule has 1 amide bonds. The Morgan fingerprint density at radius 1 is 1.36 bits per heavy atom. The highest BCUT2D eigenvalue weighted by Gasteiger charge is 2.19. The molecule has 0 aliphatic rings. The summed E-state index contributed by atoms with van der Waals surface area (Å²) in [5, 5.41) is 8.89. The number of halogens is 1. The van der Waals surface area contributed by atoms with Gasteiger partial charge in [0.15, 0.2) is 6.61 Å². The van der Waals surface area contributed by atoms with E-state index in [0.29, 0.717) is 16.4 Å². The van der Waals surface area contributed by atoms with Gasteiger partial charge in [0, 0.05) is 16.5 Å². The quantitative estimate of drug-likeness (QED) is 0.583. The number of carbonyl (C=O) groups excluding carboxylic acids is 2. The van der Waals surface area contributed by atoms with Crippen LogP contribution in [0.5, 0.6) is 0 Å². The molecule has 0 saturated carbocycles. The molecule has 3 aromatic rings. The molecule has 3 rings (SSSR count). The second kappa shape index (κ2) is 8.75. The molecule has 0 aliphatic carbocycles. The molecule has 28 heavy (non-hydrogen) atoms. The minimum absolute atomic E-state index is 0.0500. The maximum absolute atomic E-state index is 12.4. The lowest BCUT2D eigenvalue weighted by atomic mass is 10.2. The number of esters is 1. The van der Waals surface area contributed by atoms with Crippen molar-refractivity contribution in [2.75, 3.05) is 6.61 Å². The molecule has 8 heteroatoms. The third kappa shape index (κ3) is 4.54. The van der Waals surface area contributed by atoms with Crippen molar-refractivity contribution < 1.29 is 14.3 Å². The van der Waals surface area contributed by atoms with E-state index in [-0.39, 0.29) is 18.6 Å². The van der Waals surface area contributed by atoms with E-state index >= 15 is 0 Å². The highest BCUT2D eigenvalue weighted by Crippen LogP contribution is 2.30. The summed E-state index contributed by atoms with van der Waals surface area (Å²) < 4.78 is 7.00. The average Bonchev–Trinajstić information content (AvgIpc) is 3.23. The number of ether oxygens (including phenoxy) is 1. The van der Waals surface area contributed by atoms with Crippen LogP contribution in [0.3, 0.4) is 0 Å². The van der Waals surface area contributed by atoms with Gasteiger partial charge in [-0.1, -0.05) is 36.7 Å². The van der Waals surface area contributed by atoms with Gasteiger partial charge in [0.1, 0.15) is 9.71 Å². The van der Waals surface area contributed by atoms with Crippen LogP contribution in [0.25, 0.3) is 10.2 Å². The van der Waals surface area contributed by atoms with Crippen molar-refractivity contribution >= 4 is 45.0 Å². The van der Waals surface area contributed by atoms with Crippen molar-refractivity contribution in [1.29, 1.82) is 0 Å². The molecule has 0 radical (unpaired) electrons. The molecular weight excluding hydrogens is 398 g/mol. The summed E-state index contributed by atoms with van der Waals surface area (Å²) in [6.45, 7) is 5.99. The largest absolute Gasteiger partial charge is 0.451 e. The molecule has 148 valence electrons. The van der Waals surface area contributed by atoms with Gasteiger partial charge in [-0.15, -0.1) is 11.3 Å². The number of benzene rings is 1. The van der Waals surface area contributed by atoms with Crippen LogP contribution in [0.4, 0.5) is 0 Å². The molecule has 0 unspecified atom stereocenters. The number of hydrogen-bond donors (Lipinski definition) is 1. The van der Waals surface area contributed by atoms with Gasteiger partial charge in [-0.2, -0.15) is 5.10 Å². The second-order valence-corrected chi connectivity index (χ2v) is 8.05. The Balaban J connectivity index is 1.74. The fraction of sp³-hybridized carbons (Fsp3) is 0.350. The van der Waals surface area contributed by atoms with Gasteiger partial charge in [0.25, 0.3) is 5.91 Å². The molecular formula is C20H22ClN3O3S. The number of nitrogens with zero attached hydrogens (tertiary/aromatic N) is 2. The minimum Gasteiger partial charge on any atom is -0.451 e. The summed E-state index contributed by atoms with van der Waals surface area (Å²) in [6.07, 6.45) is 0.817. The van der Waals surface area contributed by atoms with Gasteiger partial charge < -0.3 is 10.1 Å². The Bertz CT molecular complexity index is 1010. The number of amides is 1. The summed E-state index contributed by atoms with van der Waals surface area (Å²) in [5.41, 5.74) is 1.78. The van der Waals surface area contributed by atoms with Gasteiger partial charge in [0.05, 0.1) is 12.2 Å². The second-order valence-electron chi connectivity index (χ2n) is 6.62. The zero-order chi connectivity index (χ0) is 20.3. The lowest BCUT2D eigenvalue weighted by molar-refractivity contribution is -0.124. The number of nitrogens with one attached hydrogen (secondary N) is 1. The Labute approximate surface area is 172 Å². The van der Waals surface area contributed by atoms with Crippen molar-refractivity contribution in [2.24, 2.45) is 0 Å². The Hall–Kier alpha value is -2.38. The van der Waals surface area contributed by atoms with Gasteiger partial charge in [-0.25, -0.2) is 4.79 Å². The van der Waals surface area contributed by atoms with E-state index in [4.69, 9.17) is 16.3 Å². The molecule has 2 aromatic heterocycles. The first-order chi connectivity index (χ1) is 13.4. The normalized spacial score (nSPS) is 12.1. The van der Waals surface area contributed by atoms with Crippen LogP contribution in [0, 0.1) is 6.92 Å². The number of aromatic nitrogens is 2. The highest BCUT2D eigenvalue weighted by molar-refractivity contribution is 7.20. The van der Waals surface area contributed by atoms with Crippen molar-refractivity contribution in [1.82, 2.24) is 15.1 Å². The molecule has 6 nitrogen and oxygen atoms in total. The SMILES string of the molecule is CC[C@@H](C)NC(=O)COC(=O)c1cc2c(C)nn(Cc3ccccc3Cl)c2s1. The fourth-order valence-electron chi connectivity index (χ4n) is 2.73. The van der Waals surface area contributed by atoms with Crippen molar-refractivity contribution in [2.45, 2.75) is 39.8 Å². The summed E-state index contributed by atoms with van der Waals surface area (Å²) in [5.74, 6) is -0.811. The van der Waals surface area contributed by atoms with Crippen LogP contribution in [0.2, 0.25) is 5.02 Å². The van der Waals surface area contributed by atoms with E-state index in [1.54, 1.807) is 6.07 Å². The van der Waals surface area contributed by atoms with E-state index in [0.717, 1.165) is 27.9 Å². The number of carbonyl (C=O) groups is 2. The molecule has 0 spiro atoms. The van der Waals surface area contributed by atoms with Crippen LogP contribution in [0.15, 0.2) is 30.3 Å². The Morgan fingerprint density at radius 2 is 2.11 bits per heavy atom. The summed E-state index contributed by atoms with van der Waals surface area (Å²) in [7, 11) is 0. The molecule has 1 N–H and O–H groups in total. The zero-order valence-electron chi connectivity index (χ0n) is 16.0. The van der Waals surface area contributed by atoms with Gasteiger partial charge in [0.2, 0.25) is 0 Å². The number of thiophene rings is 1. The van der Waals surface area contributed by atoms with E-state index in [1.807, 2.05) is 49.7 Å². The number of rotatable bonds is 7. The third-order valence-corrected chi connectivity index (χ3v) is 5.94. The molecule has 0 saturated heterocycles.